The molecule has 0 aliphatic carbocycles. The van der Waals surface area contributed by atoms with E-state index in [4.69, 9.17) is 0 Å². The maximum Gasteiger partial charge on any atom is 0.248 e. The lowest BCUT2D eigenvalue weighted by molar-refractivity contribution is 0.318. The molecule has 5 heterocycles. The number of pyridine rings is 1. The van der Waals surface area contributed by atoms with Gasteiger partial charge in [0.15, 0.2) is 5.65 Å². The minimum atomic E-state index is -3.54. The van der Waals surface area contributed by atoms with Crippen molar-refractivity contribution in [1.29, 1.82) is 0 Å². The number of hydrogen-bond donors (Lipinski definition) is 1. The summed E-state index contributed by atoms with van der Waals surface area (Å²) in [5.74, 6) is 0.945. The van der Waals surface area contributed by atoms with Crippen molar-refractivity contribution in [3.05, 3.63) is 35.9 Å². The first-order valence-electron chi connectivity index (χ1n) is 9.64. The number of hydrogen-bond acceptors (Lipinski definition) is 6. The third-order valence-electron chi connectivity index (χ3n) is 5.82. The normalized spacial score (nSPS) is 18.9. The fourth-order valence-electron chi connectivity index (χ4n) is 4.29. The lowest BCUT2D eigenvalue weighted by Crippen LogP contribution is -2.38. The fraction of sp³-hybridized carbons (Fsp3) is 0.500. The van der Waals surface area contributed by atoms with Gasteiger partial charge in [-0.3, -0.25) is 0 Å². The van der Waals surface area contributed by atoms with Crippen LogP contribution in [-0.2, 0) is 16.6 Å². The monoisotopic (exact) mass is 401 g/mol. The standard InChI is InChI=1S/C18H23N7O2S/c1-13-9-17-20-12-22-25(17)11-15(13)14-3-7-23(8-4-14)28(26,27)16-10-21-24-6-2-5-19-18(16)24/h9-12,14,19H,2-8H2,1H3. The zero-order valence-corrected chi connectivity index (χ0v) is 16.6. The SMILES string of the molecule is Cc1cc2ncnn2cc1C1CCN(S(=O)(=O)c2cnn3c2NCCC3)CC1. The lowest BCUT2D eigenvalue weighted by Gasteiger charge is -2.32. The predicted molar refractivity (Wildman–Crippen MR) is 104 cm³/mol. The molecule has 2 aliphatic rings. The molecular formula is C18H23N7O2S. The zero-order valence-electron chi connectivity index (χ0n) is 15.7. The molecule has 9 nitrogen and oxygen atoms in total. The van der Waals surface area contributed by atoms with Crippen LogP contribution in [0.25, 0.3) is 5.65 Å². The highest BCUT2D eigenvalue weighted by molar-refractivity contribution is 7.89. The van der Waals surface area contributed by atoms with Crippen LogP contribution in [0.1, 0.15) is 36.3 Å². The first-order valence-corrected chi connectivity index (χ1v) is 11.1. The van der Waals surface area contributed by atoms with Crippen LogP contribution >= 0.6 is 0 Å². The Kier molecular flexibility index (Phi) is 4.13. The van der Waals surface area contributed by atoms with Crippen LogP contribution in [0, 0.1) is 6.92 Å². The Bertz CT molecular complexity index is 1130. The second kappa shape index (κ2) is 6.56. The van der Waals surface area contributed by atoms with E-state index in [1.807, 2.05) is 12.3 Å². The Morgan fingerprint density at radius 3 is 2.82 bits per heavy atom. The highest BCUT2D eigenvalue weighted by atomic mass is 32.2. The Morgan fingerprint density at radius 2 is 2.00 bits per heavy atom. The second-order valence-electron chi connectivity index (χ2n) is 7.51. The maximum absolute atomic E-state index is 13.2. The number of aromatic nitrogens is 5. The van der Waals surface area contributed by atoms with Crippen LogP contribution in [0.15, 0.2) is 29.7 Å². The van der Waals surface area contributed by atoms with E-state index in [1.54, 1.807) is 19.8 Å². The summed E-state index contributed by atoms with van der Waals surface area (Å²) in [6.07, 6.45) is 7.60. The van der Waals surface area contributed by atoms with Crippen LogP contribution < -0.4 is 5.32 Å². The highest BCUT2D eigenvalue weighted by Crippen LogP contribution is 2.34. The second-order valence-corrected chi connectivity index (χ2v) is 9.42. The molecule has 5 rings (SSSR count). The molecule has 3 aromatic heterocycles. The van der Waals surface area contributed by atoms with Gasteiger partial charge in [-0.05, 0) is 49.3 Å². The number of nitrogens with one attached hydrogen (secondary N) is 1. The van der Waals surface area contributed by atoms with Crippen LogP contribution in [0.5, 0.6) is 0 Å². The number of piperidine rings is 1. The summed E-state index contributed by atoms with van der Waals surface area (Å²) in [5, 5.41) is 11.7. The smallest absolute Gasteiger partial charge is 0.248 e. The third-order valence-corrected chi connectivity index (χ3v) is 7.72. The van der Waals surface area contributed by atoms with Gasteiger partial charge in [-0.2, -0.15) is 14.5 Å². The van der Waals surface area contributed by atoms with Gasteiger partial charge in [-0.1, -0.05) is 0 Å². The van der Waals surface area contributed by atoms with Crippen molar-refractivity contribution in [1.82, 2.24) is 28.7 Å². The van der Waals surface area contributed by atoms with Gasteiger partial charge >= 0.3 is 0 Å². The molecule has 1 fully saturated rings. The Balaban J connectivity index is 1.36. The molecule has 0 atom stereocenters. The van der Waals surface area contributed by atoms with E-state index in [-0.39, 0.29) is 0 Å². The quantitative estimate of drug-likeness (QED) is 0.716. The topological polar surface area (TPSA) is 97.4 Å². The molecule has 1 N–H and O–H groups in total. The lowest BCUT2D eigenvalue weighted by atomic mass is 9.89. The maximum atomic E-state index is 13.2. The first kappa shape index (κ1) is 17.6. The van der Waals surface area contributed by atoms with Crippen molar-refractivity contribution in [2.24, 2.45) is 0 Å². The molecule has 0 amide bonds. The number of aryl methyl sites for hydroxylation is 2. The molecule has 1 saturated heterocycles. The summed E-state index contributed by atoms with van der Waals surface area (Å²) in [7, 11) is -3.54. The molecule has 28 heavy (non-hydrogen) atoms. The summed E-state index contributed by atoms with van der Waals surface area (Å²) in [5.41, 5.74) is 3.23. The summed E-state index contributed by atoms with van der Waals surface area (Å²) < 4.78 is 31.5. The predicted octanol–water partition coefficient (Wildman–Crippen LogP) is 1.62. The molecular weight excluding hydrogens is 378 g/mol. The van der Waals surface area contributed by atoms with Crippen LogP contribution in [0.4, 0.5) is 5.82 Å². The fourth-order valence-corrected chi connectivity index (χ4v) is 5.86. The van der Waals surface area contributed by atoms with Gasteiger partial charge < -0.3 is 5.32 Å². The first-order chi connectivity index (χ1) is 13.5. The van der Waals surface area contributed by atoms with E-state index in [0.29, 0.717) is 29.7 Å². The van der Waals surface area contributed by atoms with Gasteiger partial charge in [0.25, 0.3) is 0 Å². The molecule has 10 heteroatoms. The minimum absolute atomic E-state index is 0.297. The summed E-state index contributed by atoms with van der Waals surface area (Å²) in [6, 6.07) is 2.04. The van der Waals surface area contributed by atoms with Gasteiger partial charge in [-0.25, -0.2) is 22.6 Å². The average molecular weight is 401 g/mol. The minimum Gasteiger partial charge on any atom is -0.369 e. The van der Waals surface area contributed by atoms with Crippen molar-refractivity contribution in [3.8, 4) is 0 Å². The van der Waals surface area contributed by atoms with Crippen LogP contribution in [0.2, 0.25) is 0 Å². The van der Waals surface area contributed by atoms with Crippen molar-refractivity contribution in [2.45, 2.75) is 43.5 Å². The number of rotatable bonds is 3. The number of anilines is 1. The molecule has 0 spiro atoms. The molecule has 0 radical (unpaired) electrons. The van der Waals surface area contributed by atoms with Crippen molar-refractivity contribution < 1.29 is 8.42 Å². The Hall–Kier alpha value is -2.46. The molecule has 2 aliphatic heterocycles. The van der Waals surface area contributed by atoms with E-state index in [1.165, 1.54) is 17.3 Å². The number of nitrogens with zero attached hydrogens (tertiary/aromatic N) is 6. The zero-order chi connectivity index (χ0) is 19.3. The van der Waals surface area contributed by atoms with Gasteiger partial charge in [0, 0.05) is 32.4 Å². The van der Waals surface area contributed by atoms with Crippen molar-refractivity contribution in [2.75, 3.05) is 25.0 Å². The van der Waals surface area contributed by atoms with E-state index >= 15 is 0 Å². The summed E-state index contributed by atoms with van der Waals surface area (Å²) >= 11 is 0. The molecule has 0 saturated carbocycles. The van der Waals surface area contributed by atoms with E-state index < -0.39 is 10.0 Å². The molecule has 3 aromatic rings. The number of sulfonamides is 1. The molecule has 0 unspecified atom stereocenters. The van der Waals surface area contributed by atoms with Gasteiger partial charge in [0.1, 0.15) is 17.0 Å². The average Bonchev–Trinajstić information content (AvgIpc) is 3.34. The van der Waals surface area contributed by atoms with Gasteiger partial charge in [0.2, 0.25) is 10.0 Å². The van der Waals surface area contributed by atoms with Crippen LogP contribution in [-0.4, -0.2) is 56.7 Å². The van der Waals surface area contributed by atoms with E-state index in [2.05, 4.69) is 27.4 Å². The van der Waals surface area contributed by atoms with Crippen molar-refractivity contribution >= 4 is 21.5 Å². The largest absolute Gasteiger partial charge is 0.369 e. The summed E-state index contributed by atoms with van der Waals surface area (Å²) in [4.78, 5) is 4.52. The van der Waals surface area contributed by atoms with Gasteiger partial charge in [0.05, 0.1) is 6.20 Å². The van der Waals surface area contributed by atoms with Crippen LogP contribution in [0.3, 0.4) is 0 Å². The van der Waals surface area contributed by atoms with E-state index in [9.17, 15) is 8.42 Å². The molecule has 148 valence electrons. The Morgan fingerprint density at radius 1 is 1.18 bits per heavy atom. The third kappa shape index (κ3) is 2.78. The van der Waals surface area contributed by atoms with Crippen molar-refractivity contribution in [3.63, 3.8) is 0 Å². The number of fused-ring (bicyclic) bond motifs is 2. The summed E-state index contributed by atoms with van der Waals surface area (Å²) in [6.45, 7) is 4.63. The Labute approximate surface area is 163 Å². The molecule has 0 bridgehead atoms. The highest BCUT2D eigenvalue weighted by Gasteiger charge is 2.34. The molecule has 0 aromatic carbocycles. The van der Waals surface area contributed by atoms with E-state index in [0.717, 1.165) is 38.0 Å². The van der Waals surface area contributed by atoms with Gasteiger partial charge in [-0.15, -0.1) is 0 Å².